The summed E-state index contributed by atoms with van der Waals surface area (Å²) in [6.45, 7) is 1.47. The standard InChI is InChI=1S/C23H25F2N7O3/c24-21(25)20-18(11-32(29-20)14-3-1-13(12-33)2-4-14)27-23(34)17-8-26-31-6-5-19(28-22(17)31)30-9-15-7-16(10-30)35-15/h5-6,8,11-16,21H,1-4,7,9-10H2,(H,27,34). The van der Waals surface area contributed by atoms with Crippen LogP contribution in [0, 0.1) is 5.92 Å². The number of piperidine rings is 1. The number of nitrogens with zero attached hydrogens (tertiary/aromatic N) is 6. The molecule has 1 saturated carbocycles. The number of anilines is 2. The molecule has 0 radical (unpaired) electrons. The molecule has 0 spiro atoms. The minimum Gasteiger partial charge on any atom is -0.371 e. The number of hydrogen-bond acceptors (Lipinski definition) is 7. The number of hydrogen-bond donors (Lipinski definition) is 1. The Morgan fingerprint density at radius 2 is 1.94 bits per heavy atom. The average molecular weight is 485 g/mol. The van der Waals surface area contributed by atoms with E-state index < -0.39 is 18.0 Å². The lowest BCUT2D eigenvalue weighted by molar-refractivity contribution is -0.133. The number of amides is 1. The highest BCUT2D eigenvalue weighted by atomic mass is 19.3. The molecule has 10 nitrogen and oxygen atoms in total. The van der Waals surface area contributed by atoms with E-state index in [1.807, 2.05) is 6.07 Å². The number of rotatable bonds is 6. The number of fused-ring (bicyclic) bond motifs is 3. The molecule has 3 saturated heterocycles. The van der Waals surface area contributed by atoms with Crippen molar-refractivity contribution < 1.29 is 23.1 Å². The molecule has 3 aliphatic heterocycles. The molecule has 7 rings (SSSR count). The van der Waals surface area contributed by atoms with Crippen LogP contribution in [0.15, 0.2) is 24.7 Å². The summed E-state index contributed by atoms with van der Waals surface area (Å²) < 4.78 is 36.2. The van der Waals surface area contributed by atoms with Crippen LogP contribution >= 0.6 is 0 Å². The fourth-order valence-corrected chi connectivity index (χ4v) is 5.28. The molecule has 1 aliphatic carbocycles. The molecule has 2 bridgehead atoms. The van der Waals surface area contributed by atoms with Crippen molar-refractivity contribution in [2.24, 2.45) is 5.92 Å². The molecular weight excluding hydrogens is 460 g/mol. The normalized spacial score (nSPS) is 26.1. The number of carbonyl (C=O) groups excluding carboxylic acids is 2. The highest BCUT2D eigenvalue weighted by Gasteiger charge is 2.39. The van der Waals surface area contributed by atoms with Crippen molar-refractivity contribution in [1.82, 2.24) is 24.4 Å². The molecule has 2 unspecified atom stereocenters. The molecule has 6 heterocycles. The van der Waals surface area contributed by atoms with Crippen molar-refractivity contribution in [3.8, 4) is 0 Å². The third-order valence-corrected chi connectivity index (χ3v) is 7.21. The first kappa shape index (κ1) is 22.1. The van der Waals surface area contributed by atoms with Gasteiger partial charge in [0, 0.05) is 37.8 Å². The van der Waals surface area contributed by atoms with Crippen LogP contribution in [-0.2, 0) is 9.53 Å². The van der Waals surface area contributed by atoms with E-state index in [-0.39, 0.29) is 35.4 Å². The van der Waals surface area contributed by atoms with E-state index in [1.54, 1.807) is 6.20 Å². The summed E-state index contributed by atoms with van der Waals surface area (Å²) in [7, 11) is 0. The highest BCUT2D eigenvalue weighted by Crippen LogP contribution is 2.34. The van der Waals surface area contributed by atoms with Crippen LogP contribution in [0.3, 0.4) is 0 Å². The predicted molar refractivity (Wildman–Crippen MR) is 121 cm³/mol. The number of morpholine rings is 1. The summed E-state index contributed by atoms with van der Waals surface area (Å²) >= 11 is 0. The monoisotopic (exact) mass is 485 g/mol. The molecule has 4 fully saturated rings. The van der Waals surface area contributed by atoms with Gasteiger partial charge in [0.1, 0.15) is 17.7 Å². The Balaban J connectivity index is 1.24. The molecule has 3 aromatic heterocycles. The average Bonchev–Trinajstić information content (AvgIpc) is 3.48. The zero-order chi connectivity index (χ0) is 24.1. The van der Waals surface area contributed by atoms with Gasteiger partial charge in [0.25, 0.3) is 12.3 Å². The minimum absolute atomic E-state index is 0.00631. The SMILES string of the molecule is O=CC1CCC(n2cc(NC(=O)c3cnn4ccc(N5CC6CC(C5)O6)nc34)c(C(F)F)n2)CC1. The predicted octanol–water partition coefficient (Wildman–Crippen LogP) is 3.02. The number of aromatic nitrogens is 5. The molecule has 2 atom stereocenters. The van der Waals surface area contributed by atoms with Crippen LogP contribution in [0.2, 0.25) is 0 Å². The van der Waals surface area contributed by atoms with E-state index in [2.05, 4.69) is 25.4 Å². The Bertz CT molecular complexity index is 1250. The smallest absolute Gasteiger partial charge is 0.284 e. The van der Waals surface area contributed by atoms with Gasteiger partial charge in [-0.05, 0) is 31.7 Å². The fourth-order valence-electron chi connectivity index (χ4n) is 5.28. The van der Waals surface area contributed by atoms with Gasteiger partial charge in [0.15, 0.2) is 11.3 Å². The van der Waals surface area contributed by atoms with Crippen LogP contribution in [0.25, 0.3) is 5.65 Å². The Morgan fingerprint density at radius 1 is 1.20 bits per heavy atom. The van der Waals surface area contributed by atoms with Crippen molar-refractivity contribution in [1.29, 1.82) is 0 Å². The second-order valence-electron chi connectivity index (χ2n) is 9.50. The molecule has 3 aromatic rings. The minimum atomic E-state index is -2.85. The summed E-state index contributed by atoms with van der Waals surface area (Å²) in [5.41, 5.74) is 0.0165. The highest BCUT2D eigenvalue weighted by molar-refractivity contribution is 6.08. The Hall–Kier alpha value is -3.41. The molecule has 1 N–H and O–H groups in total. The van der Waals surface area contributed by atoms with Crippen molar-refractivity contribution in [3.05, 3.63) is 35.9 Å². The largest absolute Gasteiger partial charge is 0.371 e. The maximum atomic E-state index is 13.7. The first-order valence-corrected chi connectivity index (χ1v) is 11.9. The van der Waals surface area contributed by atoms with Gasteiger partial charge in [-0.1, -0.05) is 0 Å². The van der Waals surface area contributed by atoms with Crippen molar-refractivity contribution >= 4 is 29.3 Å². The summed E-state index contributed by atoms with van der Waals surface area (Å²) in [6.07, 6.45) is 6.87. The first-order valence-electron chi connectivity index (χ1n) is 11.9. The van der Waals surface area contributed by atoms with Crippen molar-refractivity contribution in [3.63, 3.8) is 0 Å². The topological polar surface area (TPSA) is 107 Å². The summed E-state index contributed by atoms with van der Waals surface area (Å²) in [5, 5.41) is 10.9. The van der Waals surface area contributed by atoms with Gasteiger partial charge >= 0.3 is 0 Å². The zero-order valence-corrected chi connectivity index (χ0v) is 18.9. The molecule has 35 heavy (non-hydrogen) atoms. The van der Waals surface area contributed by atoms with Gasteiger partial charge in [-0.2, -0.15) is 10.2 Å². The van der Waals surface area contributed by atoms with Gasteiger partial charge in [-0.3, -0.25) is 9.48 Å². The van der Waals surface area contributed by atoms with Gasteiger partial charge in [-0.25, -0.2) is 18.3 Å². The third kappa shape index (κ3) is 4.05. The second kappa shape index (κ2) is 8.67. The summed E-state index contributed by atoms with van der Waals surface area (Å²) in [6, 6.07) is 1.75. The number of carbonyl (C=O) groups is 2. The van der Waals surface area contributed by atoms with Gasteiger partial charge in [-0.15, -0.1) is 0 Å². The lowest BCUT2D eigenvalue weighted by Gasteiger charge is -2.47. The number of aldehydes is 1. The van der Waals surface area contributed by atoms with E-state index in [9.17, 15) is 18.4 Å². The van der Waals surface area contributed by atoms with E-state index in [4.69, 9.17) is 4.74 Å². The maximum Gasteiger partial charge on any atom is 0.284 e. The second-order valence-corrected chi connectivity index (χ2v) is 9.50. The van der Waals surface area contributed by atoms with E-state index in [0.717, 1.165) is 31.6 Å². The zero-order valence-electron chi connectivity index (χ0n) is 18.9. The Morgan fingerprint density at radius 3 is 2.63 bits per heavy atom. The van der Waals surface area contributed by atoms with E-state index >= 15 is 0 Å². The van der Waals surface area contributed by atoms with E-state index in [0.29, 0.717) is 31.3 Å². The Kier molecular flexibility index (Phi) is 5.47. The van der Waals surface area contributed by atoms with Gasteiger partial charge in [0.2, 0.25) is 0 Å². The molecular formula is C23H25F2N7O3. The number of halogens is 2. The van der Waals surface area contributed by atoms with Gasteiger partial charge in [0.05, 0.1) is 30.1 Å². The Labute approximate surface area is 199 Å². The lowest BCUT2D eigenvalue weighted by atomic mass is 9.87. The molecule has 184 valence electrons. The lowest BCUT2D eigenvalue weighted by Crippen LogP contribution is -2.57. The third-order valence-electron chi connectivity index (χ3n) is 7.21. The summed E-state index contributed by atoms with van der Waals surface area (Å²) in [4.78, 5) is 30.9. The first-order chi connectivity index (χ1) is 17.0. The molecule has 1 amide bonds. The number of alkyl halides is 2. The van der Waals surface area contributed by atoms with Crippen LogP contribution in [0.1, 0.15) is 60.6 Å². The number of ether oxygens (including phenoxy) is 1. The quantitative estimate of drug-likeness (QED) is 0.535. The van der Waals surface area contributed by atoms with Crippen molar-refractivity contribution in [2.75, 3.05) is 23.3 Å². The number of nitrogens with one attached hydrogen (secondary N) is 1. The maximum absolute atomic E-state index is 13.7. The van der Waals surface area contributed by atoms with Crippen molar-refractivity contribution in [2.45, 2.75) is 56.8 Å². The van der Waals surface area contributed by atoms with Crippen LogP contribution in [0.5, 0.6) is 0 Å². The fraction of sp³-hybridized carbons (Fsp3) is 0.522. The van der Waals surface area contributed by atoms with Crippen LogP contribution < -0.4 is 10.2 Å². The van der Waals surface area contributed by atoms with Gasteiger partial charge < -0.3 is 19.7 Å². The molecule has 12 heteroatoms. The van der Waals surface area contributed by atoms with Crippen LogP contribution in [-0.4, -0.2) is 61.9 Å². The summed E-state index contributed by atoms with van der Waals surface area (Å²) in [5.74, 6) is 0.143. The van der Waals surface area contributed by atoms with E-state index in [1.165, 1.54) is 21.6 Å². The van der Waals surface area contributed by atoms with Crippen LogP contribution in [0.4, 0.5) is 20.3 Å². The molecule has 0 aromatic carbocycles. The molecule has 4 aliphatic rings.